The minimum absolute atomic E-state index is 0.189. The Labute approximate surface area is 166 Å². The van der Waals surface area contributed by atoms with Gasteiger partial charge in [0.25, 0.3) is 11.5 Å². The first-order valence-corrected chi connectivity index (χ1v) is 8.87. The number of esters is 1. The van der Waals surface area contributed by atoms with E-state index in [2.05, 4.69) is 10.4 Å². The lowest BCUT2D eigenvalue weighted by Crippen LogP contribution is -2.25. The van der Waals surface area contributed by atoms with E-state index in [9.17, 15) is 19.2 Å². The minimum atomic E-state index is -0.656. The summed E-state index contributed by atoms with van der Waals surface area (Å²) in [6, 6.07) is 13.4. The van der Waals surface area contributed by atoms with Gasteiger partial charge in [-0.3, -0.25) is 19.2 Å². The van der Waals surface area contributed by atoms with Crippen molar-refractivity contribution in [2.24, 2.45) is 7.05 Å². The van der Waals surface area contributed by atoms with E-state index in [1.54, 1.807) is 48.5 Å². The van der Waals surface area contributed by atoms with Gasteiger partial charge in [0.05, 0.1) is 23.2 Å². The molecule has 0 aliphatic carbocycles. The largest absolute Gasteiger partial charge is 0.455 e. The Kier molecular flexibility index (Phi) is 5.82. The monoisotopic (exact) mass is 393 g/mol. The molecule has 1 N–H and O–H groups in total. The molecule has 0 atom stereocenters. The molecule has 0 saturated carbocycles. The van der Waals surface area contributed by atoms with Gasteiger partial charge in [-0.05, 0) is 25.1 Å². The Morgan fingerprint density at radius 2 is 1.69 bits per heavy atom. The van der Waals surface area contributed by atoms with Crippen molar-refractivity contribution >= 4 is 34.1 Å². The van der Waals surface area contributed by atoms with Gasteiger partial charge in [-0.1, -0.05) is 30.3 Å². The number of hydrogen-bond donors (Lipinski definition) is 1. The maximum Gasteiger partial charge on any atom is 0.312 e. The van der Waals surface area contributed by atoms with Gasteiger partial charge in [-0.15, -0.1) is 0 Å². The van der Waals surface area contributed by atoms with Gasteiger partial charge in [0, 0.05) is 18.0 Å². The molecule has 0 bridgehead atoms. The summed E-state index contributed by atoms with van der Waals surface area (Å²) in [5.41, 5.74) is 0.844. The smallest absolute Gasteiger partial charge is 0.312 e. The fourth-order valence-corrected chi connectivity index (χ4v) is 2.93. The van der Waals surface area contributed by atoms with Crippen molar-refractivity contribution in [3.63, 3.8) is 0 Å². The Bertz CT molecular complexity index is 1170. The number of aryl methyl sites for hydroxylation is 1. The van der Waals surface area contributed by atoms with E-state index < -0.39 is 18.5 Å². The number of carbonyl (C=O) groups excluding carboxylic acids is 3. The molecule has 0 unspecified atom stereocenters. The maximum absolute atomic E-state index is 12.2. The van der Waals surface area contributed by atoms with Crippen molar-refractivity contribution in [3.05, 3.63) is 70.1 Å². The van der Waals surface area contributed by atoms with Gasteiger partial charge >= 0.3 is 5.97 Å². The van der Waals surface area contributed by atoms with E-state index in [4.69, 9.17) is 4.74 Å². The third kappa shape index (κ3) is 4.55. The van der Waals surface area contributed by atoms with Crippen LogP contribution in [0.25, 0.3) is 10.8 Å². The van der Waals surface area contributed by atoms with Crippen LogP contribution in [0.4, 0.5) is 5.69 Å². The summed E-state index contributed by atoms with van der Waals surface area (Å²) in [5.74, 6) is -1.41. The van der Waals surface area contributed by atoms with E-state index in [0.29, 0.717) is 27.7 Å². The van der Waals surface area contributed by atoms with Gasteiger partial charge in [0.1, 0.15) is 0 Å². The van der Waals surface area contributed by atoms with E-state index in [1.807, 2.05) is 0 Å². The highest BCUT2D eigenvalue weighted by Gasteiger charge is 2.15. The van der Waals surface area contributed by atoms with Gasteiger partial charge in [-0.25, -0.2) is 4.68 Å². The van der Waals surface area contributed by atoms with Crippen LogP contribution in [0.5, 0.6) is 0 Å². The SMILES string of the molecule is CC(=O)c1ccccc1NC(=O)COC(=O)Cc1nn(C)c(=O)c2ccccc12. The molecular weight excluding hydrogens is 374 g/mol. The highest BCUT2D eigenvalue weighted by Crippen LogP contribution is 2.16. The Morgan fingerprint density at radius 3 is 2.41 bits per heavy atom. The topological polar surface area (TPSA) is 107 Å². The number of amides is 1. The molecule has 0 radical (unpaired) electrons. The number of Topliss-reactive ketones (excluding diaryl/α,β-unsaturated/α-hetero) is 1. The Balaban J connectivity index is 1.66. The molecule has 3 rings (SSSR count). The zero-order chi connectivity index (χ0) is 21.0. The summed E-state index contributed by atoms with van der Waals surface area (Å²) in [7, 11) is 1.50. The molecule has 29 heavy (non-hydrogen) atoms. The lowest BCUT2D eigenvalue weighted by molar-refractivity contribution is -0.146. The van der Waals surface area contributed by atoms with Crippen LogP contribution in [0.1, 0.15) is 23.0 Å². The summed E-state index contributed by atoms with van der Waals surface area (Å²) in [5, 5.41) is 7.70. The standard InChI is InChI=1S/C21H19N3O5/c1-13(25)14-7-5-6-10-17(14)22-19(26)12-29-20(27)11-18-15-8-3-4-9-16(15)21(28)24(2)23-18/h3-10H,11-12H2,1-2H3,(H,22,26). The van der Waals surface area contributed by atoms with Gasteiger partial charge < -0.3 is 10.1 Å². The highest BCUT2D eigenvalue weighted by molar-refractivity contribution is 6.04. The molecule has 1 amide bonds. The molecule has 1 aromatic heterocycles. The molecule has 0 saturated heterocycles. The second-order valence-electron chi connectivity index (χ2n) is 6.41. The van der Waals surface area contributed by atoms with Crippen LogP contribution in [0.3, 0.4) is 0 Å². The van der Waals surface area contributed by atoms with Crippen LogP contribution < -0.4 is 10.9 Å². The Morgan fingerprint density at radius 1 is 1.03 bits per heavy atom. The number of fused-ring (bicyclic) bond motifs is 1. The summed E-state index contributed by atoms with van der Waals surface area (Å²) < 4.78 is 6.20. The van der Waals surface area contributed by atoms with Crippen LogP contribution >= 0.6 is 0 Å². The predicted molar refractivity (Wildman–Crippen MR) is 107 cm³/mol. The molecule has 3 aromatic rings. The van der Waals surface area contributed by atoms with Crippen molar-refractivity contribution in [2.45, 2.75) is 13.3 Å². The summed E-state index contributed by atoms with van der Waals surface area (Å²) >= 11 is 0. The first-order chi connectivity index (χ1) is 13.9. The first-order valence-electron chi connectivity index (χ1n) is 8.87. The zero-order valence-electron chi connectivity index (χ0n) is 16.0. The van der Waals surface area contributed by atoms with Crippen LogP contribution in [-0.4, -0.2) is 34.0 Å². The van der Waals surface area contributed by atoms with Crippen LogP contribution in [0.15, 0.2) is 53.3 Å². The molecular formula is C21H19N3O5. The quantitative estimate of drug-likeness (QED) is 0.506. The van der Waals surface area contributed by atoms with Crippen LogP contribution in [0.2, 0.25) is 0 Å². The first kappa shape index (κ1) is 19.9. The fraction of sp³-hybridized carbons (Fsp3) is 0.190. The molecule has 8 heteroatoms. The second-order valence-corrected chi connectivity index (χ2v) is 6.41. The van der Waals surface area contributed by atoms with Gasteiger partial charge in [0.15, 0.2) is 12.4 Å². The number of anilines is 1. The third-order valence-corrected chi connectivity index (χ3v) is 4.29. The fourth-order valence-electron chi connectivity index (χ4n) is 2.93. The number of rotatable bonds is 6. The summed E-state index contributed by atoms with van der Waals surface area (Å²) in [6.07, 6.45) is -0.189. The number of hydrogen-bond acceptors (Lipinski definition) is 6. The second kappa shape index (κ2) is 8.47. The predicted octanol–water partition coefficient (Wildman–Crippen LogP) is 1.86. The van der Waals surface area contributed by atoms with Gasteiger partial charge in [0.2, 0.25) is 0 Å². The van der Waals surface area contributed by atoms with Crippen molar-refractivity contribution < 1.29 is 19.1 Å². The highest BCUT2D eigenvalue weighted by atomic mass is 16.5. The summed E-state index contributed by atoms with van der Waals surface area (Å²) in [6.45, 7) is 0.893. The molecule has 0 fully saturated rings. The number of aromatic nitrogens is 2. The van der Waals surface area contributed by atoms with Gasteiger partial charge in [-0.2, -0.15) is 5.10 Å². The molecule has 148 valence electrons. The molecule has 0 aliphatic rings. The number of nitrogens with one attached hydrogen (secondary N) is 1. The normalized spacial score (nSPS) is 10.6. The number of nitrogens with zero attached hydrogens (tertiary/aromatic N) is 2. The number of para-hydroxylation sites is 1. The summed E-state index contributed by atoms with van der Waals surface area (Å²) in [4.78, 5) is 48.0. The lowest BCUT2D eigenvalue weighted by atomic mass is 10.1. The van der Waals surface area contributed by atoms with E-state index in [-0.39, 0.29) is 17.8 Å². The molecule has 0 aliphatic heterocycles. The Hall–Kier alpha value is -3.81. The van der Waals surface area contributed by atoms with Crippen molar-refractivity contribution in [2.75, 3.05) is 11.9 Å². The third-order valence-electron chi connectivity index (χ3n) is 4.29. The van der Waals surface area contributed by atoms with Crippen molar-refractivity contribution in [3.8, 4) is 0 Å². The zero-order valence-corrected chi connectivity index (χ0v) is 16.0. The molecule has 1 heterocycles. The minimum Gasteiger partial charge on any atom is -0.455 e. The number of ketones is 1. The van der Waals surface area contributed by atoms with Crippen LogP contribution in [0, 0.1) is 0 Å². The lowest BCUT2D eigenvalue weighted by Gasteiger charge is -2.10. The maximum atomic E-state index is 12.2. The van der Waals surface area contributed by atoms with E-state index >= 15 is 0 Å². The van der Waals surface area contributed by atoms with E-state index in [1.165, 1.54) is 14.0 Å². The average Bonchev–Trinajstić information content (AvgIpc) is 2.70. The van der Waals surface area contributed by atoms with Crippen molar-refractivity contribution in [1.29, 1.82) is 0 Å². The van der Waals surface area contributed by atoms with Crippen molar-refractivity contribution in [1.82, 2.24) is 9.78 Å². The average molecular weight is 393 g/mol. The number of benzene rings is 2. The van der Waals surface area contributed by atoms with E-state index in [0.717, 1.165) is 4.68 Å². The number of ether oxygens (including phenoxy) is 1. The van der Waals surface area contributed by atoms with Crippen LogP contribution in [-0.2, 0) is 27.8 Å². The number of carbonyl (C=O) groups is 3. The molecule has 0 spiro atoms. The molecule has 8 nitrogen and oxygen atoms in total. The molecule has 2 aromatic carbocycles.